The van der Waals surface area contributed by atoms with E-state index in [1.807, 2.05) is 33.0 Å². The molecule has 0 fully saturated rings. The lowest BCUT2D eigenvalue weighted by molar-refractivity contribution is -0.113. The zero-order valence-electron chi connectivity index (χ0n) is 17.3. The molecule has 164 valence electrons. The van der Waals surface area contributed by atoms with Crippen molar-refractivity contribution in [2.45, 2.75) is 25.1 Å². The molecule has 3 rings (SSSR count). The number of amides is 1. The van der Waals surface area contributed by atoms with Crippen molar-refractivity contribution in [2.24, 2.45) is 7.05 Å². The average Bonchev–Trinajstić information content (AvgIpc) is 3.27. The van der Waals surface area contributed by atoms with Gasteiger partial charge < -0.3 is 19.4 Å². The number of rotatable bonds is 8. The number of esters is 1. The number of aromatic nitrogens is 3. The number of aryl methyl sites for hydroxylation is 1. The van der Waals surface area contributed by atoms with Crippen LogP contribution in [-0.4, -0.2) is 39.5 Å². The fraction of sp³-hybridized carbons (Fsp3) is 0.300. The van der Waals surface area contributed by atoms with E-state index < -0.39 is 5.97 Å². The molecular formula is C20H21ClN4O4S2. The lowest BCUT2D eigenvalue weighted by Gasteiger charge is -2.14. The zero-order chi connectivity index (χ0) is 22.5. The van der Waals surface area contributed by atoms with Crippen molar-refractivity contribution >= 4 is 51.6 Å². The lowest BCUT2D eigenvalue weighted by atomic mass is 10.3. The summed E-state index contributed by atoms with van der Waals surface area (Å²) in [4.78, 5) is 25.2. The molecule has 1 aromatic carbocycles. The molecule has 0 saturated carbocycles. The highest BCUT2D eigenvalue weighted by molar-refractivity contribution is 7.99. The summed E-state index contributed by atoms with van der Waals surface area (Å²) in [6.07, 6.45) is -0.365. The first-order valence-corrected chi connectivity index (χ1v) is 11.4. The Hall–Kier alpha value is -2.56. The van der Waals surface area contributed by atoms with Crippen LogP contribution in [0, 0.1) is 6.92 Å². The SMILES string of the molecule is COC(=O)c1cc(C)sc1NC(=O)CSc1nnc(C(C)Oc2cccc(Cl)c2)n1C. The second-order valence-electron chi connectivity index (χ2n) is 6.55. The van der Waals surface area contributed by atoms with E-state index in [1.54, 1.807) is 22.8 Å². The Morgan fingerprint density at radius 2 is 2.10 bits per heavy atom. The highest BCUT2D eigenvalue weighted by Gasteiger charge is 2.20. The first kappa shape index (κ1) is 23.1. The Morgan fingerprint density at radius 3 is 2.81 bits per heavy atom. The number of ether oxygens (including phenoxy) is 2. The van der Waals surface area contributed by atoms with Crippen LogP contribution in [0.3, 0.4) is 0 Å². The number of nitrogens with one attached hydrogen (secondary N) is 1. The summed E-state index contributed by atoms with van der Waals surface area (Å²) in [6, 6.07) is 8.81. The molecule has 0 saturated heterocycles. The Balaban J connectivity index is 1.61. The van der Waals surface area contributed by atoms with Crippen molar-refractivity contribution < 1.29 is 19.1 Å². The van der Waals surface area contributed by atoms with E-state index in [-0.39, 0.29) is 17.8 Å². The Morgan fingerprint density at radius 1 is 1.32 bits per heavy atom. The number of methoxy groups -OCH3 is 1. The average molecular weight is 481 g/mol. The molecule has 31 heavy (non-hydrogen) atoms. The van der Waals surface area contributed by atoms with E-state index in [2.05, 4.69) is 15.5 Å². The summed E-state index contributed by atoms with van der Waals surface area (Å²) >= 11 is 8.55. The topological polar surface area (TPSA) is 95.3 Å². The number of anilines is 1. The van der Waals surface area contributed by atoms with Crippen molar-refractivity contribution in [2.75, 3.05) is 18.2 Å². The molecule has 11 heteroatoms. The minimum Gasteiger partial charge on any atom is -0.483 e. The molecule has 0 aliphatic rings. The van der Waals surface area contributed by atoms with E-state index in [0.717, 1.165) is 4.88 Å². The molecule has 0 aliphatic heterocycles. The van der Waals surface area contributed by atoms with Crippen molar-refractivity contribution in [3.05, 3.63) is 51.6 Å². The van der Waals surface area contributed by atoms with Crippen LogP contribution >= 0.6 is 34.7 Å². The van der Waals surface area contributed by atoms with Gasteiger partial charge in [-0.05, 0) is 38.1 Å². The van der Waals surface area contributed by atoms with Gasteiger partial charge in [-0.1, -0.05) is 29.4 Å². The maximum absolute atomic E-state index is 12.4. The van der Waals surface area contributed by atoms with Crippen LogP contribution in [-0.2, 0) is 16.6 Å². The number of carbonyl (C=O) groups is 2. The predicted octanol–water partition coefficient (Wildman–Crippen LogP) is 4.50. The van der Waals surface area contributed by atoms with Crippen LogP contribution in [0.1, 0.15) is 34.1 Å². The summed E-state index contributed by atoms with van der Waals surface area (Å²) in [5, 5.41) is 12.7. The third-order valence-corrected chi connectivity index (χ3v) is 6.41. The number of thioether (sulfide) groups is 1. The Bertz CT molecular complexity index is 1100. The Kier molecular flexibility index (Phi) is 7.58. The van der Waals surface area contributed by atoms with Crippen LogP contribution in [0.2, 0.25) is 5.02 Å². The van der Waals surface area contributed by atoms with E-state index >= 15 is 0 Å². The lowest BCUT2D eigenvalue weighted by Crippen LogP contribution is -2.16. The molecule has 2 heterocycles. The first-order chi connectivity index (χ1) is 14.8. The Labute approximate surface area is 192 Å². The quantitative estimate of drug-likeness (QED) is 0.374. The molecule has 8 nitrogen and oxygen atoms in total. The normalized spacial score (nSPS) is 11.8. The van der Waals surface area contributed by atoms with Crippen LogP contribution in [0.4, 0.5) is 5.00 Å². The standard InChI is InChI=1S/C20H21ClN4O4S2/c1-11-8-15(19(27)28-4)18(31-11)22-16(26)10-30-20-24-23-17(25(20)3)12(2)29-14-7-5-6-13(21)9-14/h5-9,12H,10H2,1-4H3,(H,22,26). The summed E-state index contributed by atoms with van der Waals surface area (Å²) in [5.74, 6) is 0.602. The number of benzene rings is 1. The zero-order valence-corrected chi connectivity index (χ0v) is 19.7. The van der Waals surface area contributed by atoms with Crippen molar-refractivity contribution in [1.82, 2.24) is 14.8 Å². The predicted molar refractivity (Wildman–Crippen MR) is 121 cm³/mol. The van der Waals surface area contributed by atoms with Gasteiger partial charge in [0, 0.05) is 16.9 Å². The fourth-order valence-corrected chi connectivity index (χ4v) is 4.58. The van der Waals surface area contributed by atoms with Crippen LogP contribution in [0.25, 0.3) is 0 Å². The first-order valence-electron chi connectivity index (χ1n) is 9.21. The van der Waals surface area contributed by atoms with Crippen LogP contribution in [0.5, 0.6) is 5.75 Å². The molecule has 1 atom stereocenters. The summed E-state index contributed by atoms with van der Waals surface area (Å²) in [7, 11) is 3.12. The molecule has 0 bridgehead atoms. The van der Waals surface area contributed by atoms with E-state index in [9.17, 15) is 9.59 Å². The number of nitrogens with zero attached hydrogens (tertiary/aromatic N) is 3. The largest absolute Gasteiger partial charge is 0.483 e. The molecule has 3 aromatic rings. The fourth-order valence-electron chi connectivity index (χ4n) is 2.76. The highest BCUT2D eigenvalue weighted by atomic mass is 35.5. The van der Waals surface area contributed by atoms with Gasteiger partial charge in [0.1, 0.15) is 10.8 Å². The molecule has 1 unspecified atom stereocenters. The summed E-state index contributed by atoms with van der Waals surface area (Å²) < 4.78 is 12.4. The minimum absolute atomic E-state index is 0.104. The third kappa shape index (κ3) is 5.78. The molecule has 0 spiro atoms. The number of hydrogen-bond acceptors (Lipinski definition) is 8. The minimum atomic E-state index is -0.487. The molecule has 0 aliphatic carbocycles. The van der Waals surface area contributed by atoms with E-state index in [4.69, 9.17) is 21.1 Å². The molecule has 1 N–H and O–H groups in total. The van der Waals surface area contributed by atoms with Gasteiger partial charge in [0.15, 0.2) is 17.1 Å². The highest BCUT2D eigenvalue weighted by Crippen LogP contribution is 2.29. The van der Waals surface area contributed by atoms with Gasteiger partial charge in [0.2, 0.25) is 5.91 Å². The van der Waals surface area contributed by atoms with E-state index in [1.165, 1.54) is 30.2 Å². The van der Waals surface area contributed by atoms with Crippen LogP contribution < -0.4 is 10.1 Å². The molecule has 0 radical (unpaired) electrons. The summed E-state index contributed by atoms with van der Waals surface area (Å²) in [5.41, 5.74) is 0.344. The van der Waals surface area contributed by atoms with Gasteiger partial charge >= 0.3 is 5.97 Å². The number of hydrogen-bond donors (Lipinski definition) is 1. The maximum Gasteiger partial charge on any atom is 0.340 e. The second kappa shape index (κ2) is 10.2. The maximum atomic E-state index is 12.4. The van der Waals surface area contributed by atoms with Gasteiger partial charge in [0.05, 0.1) is 18.4 Å². The number of carbonyl (C=O) groups excluding carboxylic acids is 2. The van der Waals surface area contributed by atoms with Crippen molar-refractivity contribution in [1.29, 1.82) is 0 Å². The van der Waals surface area contributed by atoms with Gasteiger partial charge in [0.25, 0.3) is 0 Å². The van der Waals surface area contributed by atoms with Crippen molar-refractivity contribution in [3.8, 4) is 5.75 Å². The van der Waals surface area contributed by atoms with Gasteiger partial charge in [-0.2, -0.15) is 0 Å². The van der Waals surface area contributed by atoms with E-state index in [0.29, 0.717) is 32.3 Å². The summed E-state index contributed by atoms with van der Waals surface area (Å²) in [6.45, 7) is 3.72. The van der Waals surface area contributed by atoms with Gasteiger partial charge in [-0.3, -0.25) is 4.79 Å². The van der Waals surface area contributed by atoms with Gasteiger partial charge in [-0.25, -0.2) is 4.79 Å². The second-order valence-corrected chi connectivity index (χ2v) is 9.18. The monoisotopic (exact) mass is 480 g/mol. The number of halogens is 1. The van der Waals surface area contributed by atoms with Gasteiger partial charge in [-0.15, -0.1) is 21.5 Å². The third-order valence-electron chi connectivity index (χ3n) is 4.19. The molecular weight excluding hydrogens is 460 g/mol. The molecule has 2 aromatic heterocycles. The molecule has 1 amide bonds. The number of thiophene rings is 1. The smallest absolute Gasteiger partial charge is 0.340 e. The van der Waals surface area contributed by atoms with Crippen molar-refractivity contribution in [3.63, 3.8) is 0 Å². The van der Waals surface area contributed by atoms with Crippen LogP contribution in [0.15, 0.2) is 35.5 Å².